The van der Waals surface area contributed by atoms with Crippen LogP contribution in [0.1, 0.15) is 66.7 Å². The standard InChI is InChI=1S/C20H35BClNO3S/c1-12-14-10-13-11-15-17(20(13,14)5)18(12)26-21(25-15)16(8-6-7-9-22)23-27(24)19(2,3)4/h12-18,23H,6-11H2,1-5H3/t12-,13?,14?,15?,16-,17?,18?,20?,27-/m0/s1. The van der Waals surface area contributed by atoms with Crippen molar-refractivity contribution in [2.75, 3.05) is 5.88 Å². The predicted octanol–water partition coefficient (Wildman–Crippen LogP) is 3.94. The SMILES string of the molecule is C[C@@H]1C2OB([C@H](CCCCCl)N[S@@](=O)C(C)(C)C)OC3CC4CC1C4(C)C32. The van der Waals surface area contributed by atoms with E-state index in [9.17, 15) is 4.21 Å². The molecule has 0 aromatic rings. The maximum absolute atomic E-state index is 12.8. The summed E-state index contributed by atoms with van der Waals surface area (Å²) in [6.07, 6.45) is 5.95. The fraction of sp³-hybridized carbons (Fsp3) is 1.00. The first kappa shape index (κ1) is 20.6. The number of alkyl halides is 1. The molecule has 0 radical (unpaired) electrons. The lowest BCUT2D eigenvalue weighted by molar-refractivity contribution is -0.0486. The molecule has 0 aromatic carbocycles. The van der Waals surface area contributed by atoms with E-state index in [0.717, 1.165) is 31.1 Å². The minimum Gasteiger partial charge on any atom is -0.407 e. The van der Waals surface area contributed by atoms with Crippen molar-refractivity contribution in [1.82, 2.24) is 4.72 Å². The second kappa shape index (κ2) is 7.26. The van der Waals surface area contributed by atoms with E-state index < -0.39 is 11.0 Å². The van der Waals surface area contributed by atoms with Crippen LogP contribution in [0.3, 0.4) is 0 Å². The number of rotatable bonds is 7. The van der Waals surface area contributed by atoms with Gasteiger partial charge in [0.1, 0.15) is 0 Å². The Labute approximate surface area is 172 Å². The average molecular weight is 416 g/mol. The van der Waals surface area contributed by atoms with Crippen molar-refractivity contribution in [3.8, 4) is 0 Å². The van der Waals surface area contributed by atoms with Crippen LogP contribution in [0.15, 0.2) is 0 Å². The molecule has 1 saturated heterocycles. The molecule has 154 valence electrons. The smallest absolute Gasteiger partial charge is 0.407 e. The molecule has 3 aliphatic carbocycles. The quantitative estimate of drug-likeness (QED) is 0.389. The molecule has 1 heterocycles. The van der Waals surface area contributed by atoms with Gasteiger partial charge in [0.15, 0.2) is 0 Å². The van der Waals surface area contributed by atoms with E-state index in [4.69, 9.17) is 20.9 Å². The Kier molecular flexibility index (Phi) is 5.55. The Balaban J connectivity index is 1.50. The highest BCUT2D eigenvalue weighted by Crippen LogP contribution is 2.73. The molecule has 0 bridgehead atoms. The molecular formula is C20H35BClNO3S. The zero-order valence-corrected chi connectivity index (χ0v) is 18.9. The zero-order chi connectivity index (χ0) is 19.6. The molecule has 4 aliphatic rings. The van der Waals surface area contributed by atoms with Crippen LogP contribution in [0.2, 0.25) is 0 Å². The minimum atomic E-state index is -1.14. The highest BCUT2D eigenvalue weighted by molar-refractivity contribution is 7.84. The maximum Gasteiger partial charge on any atom is 0.476 e. The summed E-state index contributed by atoms with van der Waals surface area (Å²) < 4.78 is 29.0. The van der Waals surface area contributed by atoms with Gasteiger partial charge in [-0.15, -0.1) is 11.6 Å². The van der Waals surface area contributed by atoms with Crippen LogP contribution in [0.25, 0.3) is 0 Å². The molecule has 4 fully saturated rings. The van der Waals surface area contributed by atoms with Crippen molar-refractivity contribution in [1.29, 1.82) is 0 Å². The number of nitrogens with one attached hydrogen (secondary N) is 1. The van der Waals surface area contributed by atoms with Crippen molar-refractivity contribution in [2.45, 2.75) is 89.6 Å². The lowest BCUT2D eigenvalue weighted by Gasteiger charge is -2.49. The summed E-state index contributed by atoms with van der Waals surface area (Å²) in [5.41, 5.74) is 0.426. The zero-order valence-electron chi connectivity index (χ0n) is 17.4. The third-order valence-electron chi connectivity index (χ3n) is 8.00. The maximum atomic E-state index is 12.8. The molecule has 4 nitrogen and oxygen atoms in total. The van der Waals surface area contributed by atoms with Crippen LogP contribution < -0.4 is 4.72 Å². The first-order chi connectivity index (χ1) is 12.7. The van der Waals surface area contributed by atoms with Crippen LogP contribution >= 0.6 is 11.6 Å². The van der Waals surface area contributed by atoms with Gasteiger partial charge in [-0.05, 0) is 69.6 Å². The summed E-state index contributed by atoms with van der Waals surface area (Å²) in [5, 5.41) is 0. The fourth-order valence-electron chi connectivity index (χ4n) is 6.48. The van der Waals surface area contributed by atoms with Gasteiger partial charge in [0.25, 0.3) is 0 Å². The fourth-order valence-corrected chi connectivity index (χ4v) is 7.52. The highest BCUT2D eigenvalue weighted by Gasteiger charge is 2.73. The van der Waals surface area contributed by atoms with Crippen LogP contribution in [-0.2, 0) is 20.3 Å². The van der Waals surface area contributed by atoms with Crippen LogP contribution in [-0.4, -0.2) is 40.1 Å². The lowest BCUT2D eigenvalue weighted by atomic mass is 9.55. The van der Waals surface area contributed by atoms with E-state index in [1.165, 1.54) is 12.8 Å². The molecule has 1 aliphatic heterocycles. The van der Waals surface area contributed by atoms with Crippen molar-refractivity contribution < 1.29 is 13.5 Å². The first-order valence-electron chi connectivity index (χ1n) is 10.7. The van der Waals surface area contributed by atoms with Gasteiger partial charge < -0.3 is 9.31 Å². The van der Waals surface area contributed by atoms with E-state index in [-0.39, 0.29) is 23.9 Å². The van der Waals surface area contributed by atoms with Gasteiger partial charge in [0.2, 0.25) is 0 Å². The summed E-state index contributed by atoms with van der Waals surface area (Å²) in [5.74, 6) is 3.35. The van der Waals surface area contributed by atoms with Crippen LogP contribution in [0, 0.1) is 29.1 Å². The number of halogens is 1. The Morgan fingerprint density at radius 3 is 2.70 bits per heavy atom. The second-order valence-electron chi connectivity index (χ2n) is 10.5. The van der Waals surface area contributed by atoms with Crippen molar-refractivity contribution in [3.63, 3.8) is 0 Å². The Morgan fingerprint density at radius 2 is 2.04 bits per heavy atom. The lowest BCUT2D eigenvalue weighted by Crippen LogP contribution is -2.58. The predicted molar refractivity (Wildman–Crippen MR) is 112 cm³/mol. The molecule has 7 heteroatoms. The Bertz CT molecular complexity index is 602. The summed E-state index contributed by atoms with van der Waals surface area (Å²) >= 11 is 5.89. The van der Waals surface area contributed by atoms with Crippen molar-refractivity contribution >= 4 is 29.7 Å². The first-order valence-corrected chi connectivity index (χ1v) is 12.4. The van der Waals surface area contributed by atoms with E-state index in [1.54, 1.807) is 0 Å². The van der Waals surface area contributed by atoms with Crippen molar-refractivity contribution in [2.24, 2.45) is 29.1 Å². The van der Waals surface area contributed by atoms with Gasteiger partial charge in [0.05, 0.1) is 27.8 Å². The van der Waals surface area contributed by atoms with Crippen molar-refractivity contribution in [3.05, 3.63) is 0 Å². The van der Waals surface area contributed by atoms with Crippen LogP contribution in [0.4, 0.5) is 0 Å². The molecule has 0 amide bonds. The molecule has 0 aromatic heterocycles. The summed E-state index contributed by atoms with van der Waals surface area (Å²) in [4.78, 5) is 0. The van der Waals surface area contributed by atoms with E-state index >= 15 is 0 Å². The second-order valence-corrected chi connectivity index (χ2v) is 12.8. The largest absolute Gasteiger partial charge is 0.476 e. The summed E-state index contributed by atoms with van der Waals surface area (Å²) in [7, 11) is -1.45. The summed E-state index contributed by atoms with van der Waals surface area (Å²) in [6, 6.07) is 0. The normalized spacial score (nSPS) is 44.7. The van der Waals surface area contributed by atoms with Crippen LogP contribution in [0.5, 0.6) is 0 Å². The molecule has 9 atom stereocenters. The Morgan fingerprint density at radius 1 is 1.30 bits per heavy atom. The summed E-state index contributed by atoms with van der Waals surface area (Å²) in [6.45, 7) is 10.8. The molecule has 27 heavy (non-hydrogen) atoms. The van der Waals surface area contributed by atoms with Gasteiger partial charge in [0, 0.05) is 17.9 Å². The molecular weight excluding hydrogens is 381 g/mol. The number of hydrogen-bond donors (Lipinski definition) is 1. The van der Waals surface area contributed by atoms with Gasteiger partial charge in [-0.1, -0.05) is 20.3 Å². The molecule has 0 spiro atoms. The van der Waals surface area contributed by atoms with Gasteiger partial charge in [-0.3, -0.25) is 0 Å². The van der Waals surface area contributed by atoms with E-state index in [0.29, 0.717) is 29.2 Å². The molecule has 4 rings (SSSR count). The molecule has 3 saturated carbocycles. The van der Waals surface area contributed by atoms with E-state index in [1.807, 2.05) is 20.8 Å². The average Bonchev–Trinajstić information content (AvgIpc) is 2.91. The topological polar surface area (TPSA) is 47.6 Å². The van der Waals surface area contributed by atoms with E-state index in [2.05, 4.69) is 18.6 Å². The van der Waals surface area contributed by atoms with Gasteiger partial charge in [-0.25, -0.2) is 8.93 Å². The van der Waals surface area contributed by atoms with Gasteiger partial charge in [-0.2, -0.15) is 0 Å². The minimum absolute atomic E-state index is 0.0507. The molecule has 6 unspecified atom stereocenters. The third-order valence-corrected chi connectivity index (χ3v) is 9.90. The third kappa shape index (κ3) is 3.26. The van der Waals surface area contributed by atoms with Gasteiger partial charge >= 0.3 is 7.12 Å². The number of hydrogen-bond acceptors (Lipinski definition) is 3. The molecule has 1 N–H and O–H groups in total. The number of unbranched alkanes of at least 4 members (excludes halogenated alkanes) is 1. The highest BCUT2D eigenvalue weighted by atomic mass is 35.5. The Hall–Kier alpha value is 0.385. The monoisotopic (exact) mass is 415 g/mol.